The van der Waals surface area contributed by atoms with Crippen LogP contribution in [0.5, 0.6) is 5.75 Å². The number of hydrogen-bond donors (Lipinski definition) is 1. The normalized spacial score (nSPS) is 16.3. The van der Waals surface area contributed by atoms with Crippen LogP contribution in [0, 0.1) is 5.82 Å². The molecule has 0 amide bonds. The molecule has 112 valence electrons. The van der Waals surface area contributed by atoms with Crippen molar-refractivity contribution in [2.45, 2.75) is 32.7 Å². The fourth-order valence-electron chi connectivity index (χ4n) is 2.51. The number of rotatable bonds is 7. The second-order valence-corrected chi connectivity index (χ2v) is 5.30. The van der Waals surface area contributed by atoms with E-state index in [1.165, 1.54) is 19.3 Å². The van der Waals surface area contributed by atoms with Gasteiger partial charge in [0.25, 0.3) is 0 Å². The SMILES string of the molecule is CCNCc1ccc(OCCN2CCCCC2)c(F)c1. The number of ether oxygens (including phenoxy) is 1. The Balaban J connectivity index is 1.77. The van der Waals surface area contributed by atoms with Crippen LogP contribution >= 0.6 is 0 Å². The molecule has 0 aliphatic carbocycles. The molecule has 0 radical (unpaired) electrons. The molecule has 0 unspecified atom stereocenters. The third-order valence-corrected chi connectivity index (χ3v) is 3.69. The summed E-state index contributed by atoms with van der Waals surface area (Å²) in [7, 11) is 0. The summed E-state index contributed by atoms with van der Waals surface area (Å²) in [5.74, 6) is 0.0984. The van der Waals surface area contributed by atoms with Gasteiger partial charge in [-0.1, -0.05) is 19.4 Å². The van der Waals surface area contributed by atoms with E-state index in [4.69, 9.17) is 4.74 Å². The molecule has 1 aliphatic heterocycles. The van der Waals surface area contributed by atoms with Gasteiger partial charge in [-0.15, -0.1) is 0 Å². The minimum atomic E-state index is -0.265. The molecule has 1 aliphatic rings. The maximum absolute atomic E-state index is 13.9. The summed E-state index contributed by atoms with van der Waals surface area (Å²) < 4.78 is 19.4. The number of hydrogen-bond acceptors (Lipinski definition) is 3. The molecular weight excluding hydrogens is 255 g/mol. The fraction of sp³-hybridized carbons (Fsp3) is 0.625. The molecule has 0 atom stereocenters. The van der Waals surface area contributed by atoms with Crippen LogP contribution < -0.4 is 10.1 Å². The molecule has 0 saturated carbocycles. The number of likely N-dealkylation sites (tertiary alicyclic amines) is 1. The van der Waals surface area contributed by atoms with E-state index in [0.29, 0.717) is 18.9 Å². The molecule has 20 heavy (non-hydrogen) atoms. The number of nitrogens with zero attached hydrogens (tertiary/aromatic N) is 1. The van der Waals surface area contributed by atoms with E-state index in [9.17, 15) is 4.39 Å². The number of piperidine rings is 1. The minimum absolute atomic E-state index is 0.265. The summed E-state index contributed by atoms with van der Waals surface area (Å²) in [5.41, 5.74) is 0.952. The van der Waals surface area contributed by atoms with Crippen molar-refractivity contribution in [2.75, 3.05) is 32.8 Å². The Morgan fingerprint density at radius 1 is 1.25 bits per heavy atom. The average molecular weight is 280 g/mol. The molecule has 0 aromatic heterocycles. The van der Waals surface area contributed by atoms with Crippen LogP contribution in [0.1, 0.15) is 31.7 Å². The summed E-state index contributed by atoms with van der Waals surface area (Å²) >= 11 is 0. The van der Waals surface area contributed by atoms with Crippen molar-refractivity contribution >= 4 is 0 Å². The van der Waals surface area contributed by atoms with Gasteiger partial charge in [0.2, 0.25) is 0 Å². The molecule has 1 aromatic carbocycles. The van der Waals surface area contributed by atoms with Crippen LogP contribution in [0.2, 0.25) is 0 Å². The summed E-state index contributed by atoms with van der Waals surface area (Å²) in [6.07, 6.45) is 3.88. The third-order valence-electron chi connectivity index (χ3n) is 3.69. The van der Waals surface area contributed by atoms with E-state index < -0.39 is 0 Å². The van der Waals surface area contributed by atoms with E-state index in [1.54, 1.807) is 12.1 Å². The van der Waals surface area contributed by atoms with Gasteiger partial charge < -0.3 is 10.1 Å². The van der Waals surface area contributed by atoms with Crippen molar-refractivity contribution in [3.63, 3.8) is 0 Å². The summed E-state index contributed by atoms with van der Waals surface area (Å²) in [6, 6.07) is 5.21. The van der Waals surface area contributed by atoms with Gasteiger partial charge >= 0.3 is 0 Å². The first-order valence-electron chi connectivity index (χ1n) is 7.64. The van der Waals surface area contributed by atoms with Crippen LogP contribution in [0.25, 0.3) is 0 Å². The molecule has 0 spiro atoms. The Morgan fingerprint density at radius 3 is 2.75 bits per heavy atom. The molecule has 1 fully saturated rings. The van der Waals surface area contributed by atoms with Crippen molar-refractivity contribution in [1.82, 2.24) is 10.2 Å². The second kappa shape index (κ2) is 8.22. The van der Waals surface area contributed by atoms with E-state index in [0.717, 1.165) is 31.7 Å². The predicted octanol–water partition coefficient (Wildman–Crippen LogP) is 2.80. The lowest BCUT2D eigenvalue weighted by Crippen LogP contribution is -2.33. The number of nitrogens with one attached hydrogen (secondary N) is 1. The monoisotopic (exact) mass is 280 g/mol. The highest BCUT2D eigenvalue weighted by molar-refractivity contribution is 5.29. The highest BCUT2D eigenvalue weighted by atomic mass is 19.1. The molecule has 1 heterocycles. The first kappa shape index (κ1) is 15.3. The lowest BCUT2D eigenvalue weighted by Gasteiger charge is -2.26. The molecular formula is C16H25FN2O. The van der Waals surface area contributed by atoms with Gasteiger partial charge in [0.05, 0.1) is 0 Å². The van der Waals surface area contributed by atoms with E-state index in [-0.39, 0.29) is 5.82 Å². The maximum Gasteiger partial charge on any atom is 0.165 e. The van der Waals surface area contributed by atoms with Gasteiger partial charge in [0.1, 0.15) is 6.61 Å². The first-order chi connectivity index (χ1) is 9.79. The van der Waals surface area contributed by atoms with E-state index in [1.807, 2.05) is 13.0 Å². The first-order valence-corrected chi connectivity index (χ1v) is 7.64. The molecule has 1 N–H and O–H groups in total. The van der Waals surface area contributed by atoms with Gasteiger partial charge in [-0.25, -0.2) is 4.39 Å². The highest BCUT2D eigenvalue weighted by Gasteiger charge is 2.10. The third kappa shape index (κ3) is 4.76. The van der Waals surface area contributed by atoms with Gasteiger partial charge in [0, 0.05) is 13.1 Å². The molecule has 3 nitrogen and oxygen atoms in total. The molecule has 1 saturated heterocycles. The number of halogens is 1. The van der Waals surface area contributed by atoms with E-state index >= 15 is 0 Å². The van der Waals surface area contributed by atoms with Crippen molar-refractivity contribution in [3.05, 3.63) is 29.6 Å². The Kier molecular flexibility index (Phi) is 6.27. The van der Waals surface area contributed by atoms with Gasteiger partial charge in [-0.3, -0.25) is 4.90 Å². The topological polar surface area (TPSA) is 24.5 Å². The largest absolute Gasteiger partial charge is 0.489 e. The minimum Gasteiger partial charge on any atom is -0.489 e. The van der Waals surface area contributed by atoms with Crippen LogP contribution in [0.15, 0.2) is 18.2 Å². The van der Waals surface area contributed by atoms with Gasteiger partial charge in [-0.05, 0) is 50.2 Å². The second-order valence-electron chi connectivity index (χ2n) is 5.30. The van der Waals surface area contributed by atoms with Crippen molar-refractivity contribution < 1.29 is 9.13 Å². The lowest BCUT2D eigenvalue weighted by molar-refractivity contribution is 0.180. The summed E-state index contributed by atoms with van der Waals surface area (Å²) in [5, 5.41) is 3.18. The van der Waals surface area contributed by atoms with Gasteiger partial charge in [-0.2, -0.15) is 0 Å². The maximum atomic E-state index is 13.9. The summed E-state index contributed by atoms with van der Waals surface area (Å²) in [4.78, 5) is 2.39. The molecule has 2 rings (SSSR count). The van der Waals surface area contributed by atoms with Crippen LogP contribution in [-0.4, -0.2) is 37.7 Å². The standard InChI is InChI=1S/C16H25FN2O/c1-2-18-13-14-6-7-16(15(17)12-14)20-11-10-19-8-4-3-5-9-19/h6-7,12,18H,2-5,8-11,13H2,1H3. The van der Waals surface area contributed by atoms with Crippen LogP contribution in [0.4, 0.5) is 4.39 Å². The number of benzene rings is 1. The fourth-order valence-corrected chi connectivity index (χ4v) is 2.51. The Morgan fingerprint density at radius 2 is 2.05 bits per heavy atom. The molecule has 0 bridgehead atoms. The highest BCUT2D eigenvalue weighted by Crippen LogP contribution is 2.18. The van der Waals surface area contributed by atoms with Crippen molar-refractivity contribution in [3.8, 4) is 5.75 Å². The Labute approximate surface area is 121 Å². The zero-order valence-electron chi connectivity index (χ0n) is 12.3. The Hall–Kier alpha value is -1.13. The average Bonchev–Trinajstić information content (AvgIpc) is 2.48. The smallest absolute Gasteiger partial charge is 0.165 e. The van der Waals surface area contributed by atoms with E-state index in [2.05, 4.69) is 10.2 Å². The molecule has 1 aromatic rings. The Bertz CT molecular complexity index is 405. The van der Waals surface area contributed by atoms with Crippen molar-refractivity contribution in [2.24, 2.45) is 0 Å². The van der Waals surface area contributed by atoms with Gasteiger partial charge in [0.15, 0.2) is 11.6 Å². The van der Waals surface area contributed by atoms with Crippen LogP contribution in [-0.2, 0) is 6.54 Å². The van der Waals surface area contributed by atoms with Crippen molar-refractivity contribution in [1.29, 1.82) is 0 Å². The van der Waals surface area contributed by atoms with Crippen LogP contribution in [0.3, 0.4) is 0 Å². The zero-order valence-corrected chi connectivity index (χ0v) is 12.3. The predicted molar refractivity (Wildman–Crippen MR) is 79.6 cm³/mol. The molecule has 4 heteroatoms. The quantitative estimate of drug-likeness (QED) is 0.831. The zero-order chi connectivity index (χ0) is 14.2. The lowest BCUT2D eigenvalue weighted by atomic mass is 10.1. The summed E-state index contributed by atoms with van der Waals surface area (Å²) in [6.45, 7) is 7.36.